The zero-order chi connectivity index (χ0) is 39.0. The first-order chi connectivity index (χ1) is 26.0. The van der Waals surface area contributed by atoms with Gasteiger partial charge in [-0.1, -0.05) is 50.1 Å². The lowest BCUT2D eigenvalue weighted by Gasteiger charge is -2.37. The van der Waals surface area contributed by atoms with E-state index in [-0.39, 0.29) is 24.3 Å². The number of hydrogen-bond donors (Lipinski definition) is 8. The van der Waals surface area contributed by atoms with E-state index in [1.165, 1.54) is 0 Å². The SMILES string of the molecule is Nc1c(Cl)cc(C(=O)NCC2CCN(CC3CCN(C(=O)CCCCCCCCCCC(=O)NC[C@H](O)[C@@H](O)[C@H](O)[C@H](O)CO)CC3)CC2)c2c1CCO2. The second-order valence-corrected chi connectivity index (χ2v) is 15.8. The van der Waals surface area contributed by atoms with Crippen LogP contribution < -0.4 is 21.1 Å². The molecule has 0 aromatic heterocycles. The number of rotatable bonds is 22. The Morgan fingerprint density at radius 1 is 0.833 bits per heavy atom. The number of piperidine rings is 2. The number of nitrogens with zero attached hydrogens (tertiary/aromatic N) is 2. The number of unbranched alkanes of at least 4 members (excludes halogenated alkanes) is 7. The first-order valence-corrected chi connectivity index (χ1v) is 20.5. The molecule has 3 heterocycles. The summed E-state index contributed by atoms with van der Waals surface area (Å²) in [6.45, 7) is 4.92. The van der Waals surface area contributed by atoms with Gasteiger partial charge >= 0.3 is 0 Å². The monoisotopic (exact) mass is 781 g/mol. The van der Waals surface area contributed by atoms with Crippen LogP contribution in [0.2, 0.25) is 5.02 Å². The van der Waals surface area contributed by atoms with Crippen LogP contribution in [0.3, 0.4) is 0 Å². The Kier molecular flexibility index (Phi) is 18.5. The molecule has 15 heteroatoms. The summed E-state index contributed by atoms with van der Waals surface area (Å²) in [6, 6.07) is 1.61. The molecular weight excluding hydrogens is 718 g/mol. The number of hydrogen-bond acceptors (Lipinski definition) is 11. The average molecular weight is 782 g/mol. The van der Waals surface area contributed by atoms with E-state index in [1.807, 2.05) is 4.90 Å². The number of carbonyl (C=O) groups excluding carboxylic acids is 3. The van der Waals surface area contributed by atoms with Gasteiger partial charge in [-0.3, -0.25) is 14.4 Å². The van der Waals surface area contributed by atoms with E-state index >= 15 is 0 Å². The molecule has 0 aliphatic carbocycles. The van der Waals surface area contributed by atoms with Gasteiger partial charge in [-0.15, -0.1) is 0 Å². The number of amides is 3. The number of nitrogens with one attached hydrogen (secondary N) is 2. The van der Waals surface area contributed by atoms with E-state index in [0.717, 1.165) is 109 Å². The standard InChI is InChI=1S/C39H64ClN5O9/c40-30-21-29(38-28(35(30)41)15-20-54-38)39(53)43-22-26-11-16-44(17-12-26)24-27-13-18-45(19-14-27)34(50)10-8-6-4-2-1-3-5-7-9-33(49)42-23-31(47)36(51)37(52)32(48)25-46/h21,26-27,31-32,36-37,46-48,51-52H,1-20,22-25,41H2,(H,42,49)(H,43,53)/t31-,32+,36+,37+/m0/s1. The van der Waals surface area contributed by atoms with E-state index in [4.69, 9.17) is 27.2 Å². The predicted molar refractivity (Wildman–Crippen MR) is 206 cm³/mol. The van der Waals surface area contributed by atoms with Crippen LogP contribution in [0.25, 0.3) is 0 Å². The number of anilines is 1. The molecule has 2 fully saturated rings. The Hall–Kier alpha value is -2.72. The van der Waals surface area contributed by atoms with Gasteiger partial charge in [-0.2, -0.15) is 0 Å². The van der Waals surface area contributed by atoms with Crippen molar-refractivity contribution in [3.05, 3.63) is 22.2 Å². The highest BCUT2D eigenvalue weighted by molar-refractivity contribution is 6.33. The lowest BCUT2D eigenvalue weighted by Crippen LogP contribution is -2.49. The Labute approximate surface area is 324 Å². The molecule has 0 unspecified atom stereocenters. The molecule has 0 radical (unpaired) electrons. The van der Waals surface area contributed by atoms with Gasteiger partial charge in [0.2, 0.25) is 11.8 Å². The number of ether oxygens (including phenoxy) is 1. The third-order valence-electron chi connectivity index (χ3n) is 11.3. The van der Waals surface area contributed by atoms with E-state index < -0.39 is 31.0 Å². The van der Waals surface area contributed by atoms with Gasteiger partial charge in [-0.25, -0.2) is 0 Å². The van der Waals surface area contributed by atoms with E-state index in [1.54, 1.807) is 6.07 Å². The number of nitrogen functional groups attached to an aromatic ring is 1. The van der Waals surface area contributed by atoms with Crippen molar-refractivity contribution in [2.75, 3.05) is 64.8 Å². The van der Waals surface area contributed by atoms with Gasteiger partial charge in [0.25, 0.3) is 5.91 Å². The Balaban J connectivity index is 0.959. The summed E-state index contributed by atoms with van der Waals surface area (Å²) in [6.07, 6.45) is 7.15. The molecule has 0 spiro atoms. The number of aliphatic hydroxyl groups excluding tert-OH is 5. The maximum absolute atomic E-state index is 13.0. The zero-order valence-electron chi connectivity index (χ0n) is 31.7. The van der Waals surface area contributed by atoms with Gasteiger partial charge in [0.1, 0.15) is 24.1 Å². The van der Waals surface area contributed by atoms with E-state index in [9.17, 15) is 34.8 Å². The van der Waals surface area contributed by atoms with Crippen LogP contribution in [-0.4, -0.2) is 136 Å². The topological polar surface area (TPSA) is 218 Å². The van der Waals surface area contributed by atoms with Crippen molar-refractivity contribution in [1.82, 2.24) is 20.4 Å². The average Bonchev–Trinajstić information content (AvgIpc) is 3.68. The molecular formula is C39H64ClN5O9. The second-order valence-electron chi connectivity index (χ2n) is 15.4. The molecule has 1 aromatic rings. The minimum absolute atomic E-state index is 0.164. The summed E-state index contributed by atoms with van der Waals surface area (Å²) in [4.78, 5) is 42.4. The van der Waals surface area contributed by atoms with Crippen molar-refractivity contribution in [2.24, 2.45) is 11.8 Å². The van der Waals surface area contributed by atoms with Crippen molar-refractivity contribution < 1.29 is 44.7 Å². The summed E-state index contributed by atoms with van der Waals surface area (Å²) in [5.41, 5.74) is 7.86. The highest BCUT2D eigenvalue weighted by atomic mass is 35.5. The summed E-state index contributed by atoms with van der Waals surface area (Å²) in [5.74, 6) is 1.46. The number of carbonyl (C=O) groups is 3. The van der Waals surface area contributed by atoms with Crippen LogP contribution in [-0.2, 0) is 16.0 Å². The highest BCUT2D eigenvalue weighted by Crippen LogP contribution is 2.38. The van der Waals surface area contributed by atoms with Gasteiger partial charge < -0.3 is 56.4 Å². The van der Waals surface area contributed by atoms with Crippen LogP contribution in [0.4, 0.5) is 5.69 Å². The fraction of sp³-hybridized carbons (Fsp3) is 0.769. The molecule has 54 heavy (non-hydrogen) atoms. The van der Waals surface area contributed by atoms with Crippen molar-refractivity contribution >= 4 is 35.0 Å². The molecule has 3 amide bonds. The van der Waals surface area contributed by atoms with Gasteiger partial charge in [0.15, 0.2) is 0 Å². The van der Waals surface area contributed by atoms with Crippen molar-refractivity contribution in [1.29, 1.82) is 0 Å². The number of aliphatic hydroxyl groups is 5. The second kappa shape index (κ2) is 22.7. The molecule has 4 atom stereocenters. The number of benzene rings is 1. The lowest BCUT2D eigenvalue weighted by atomic mass is 9.92. The number of halogens is 1. The number of nitrogens with two attached hydrogens (primary N) is 1. The molecule has 3 aliphatic rings. The molecule has 9 N–H and O–H groups in total. The minimum Gasteiger partial charge on any atom is -0.492 e. The maximum Gasteiger partial charge on any atom is 0.255 e. The van der Waals surface area contributed by atoms with Crippen LogP contribution in [0, 0.1) is 11.8 Å². The number of fused-ring (bicyclic) bond motifs is 1. The van der Waals surface area contributed by atoms with Crippen LogP contribution in [0.1, 0.15) is 106 Å². The Morgan fingerprint density at radius 3 is 2.07 bits per heavy atom. The van der Waals surface area contributed by atoms with Gasteiger partial charge in [-0.05, 0) is 69.5 Å². The third-order valence-corrected chi connectivity index (χ3v) is 11.6. The van der Waals surface area contributed by atoms with Crippen LogP contribution >= 0.6 is 11.6 Å². The third kappa shape index (κ3) is 13.5. The molecule has 306 valence electrons. The normalized spacial score (nSPS) is 19.1. The zero-order valence-corrected chi connectivity index (χ0v) is 32.5. The first-order valence-electron chi connectivity index (χ1n) is 20.1. The quantitative estimate of drug-likeness (QED) is 0.0629. The highest BCUT2D eigenvalue weighted by Gasteiger charge is 2.31. The summed E-state index contributed by atoms with van der Waals surface area (Å²) < 4.78 is 5.70. The van der Waals surface area contributed by atoms with E-state index in [2.05, 4.69) is 15.5 Å². The fourth-order valence-electron chi connectivity index (χ4n) is 7.74. The molecule has 1 aromatic carbocycles. The molecule has 2 saturated heterocycles. The van der Waals surface area contributed by atoms with Crippen molar-refractivity contribution in [3.8, 4) is 5.75 Å². The van der Waals surface area contributed by atoms with Gasteiger partial charge in [0, 0.05) is 57.5 Å². The van der Waals surface area contributed by atoms with Gasteiger partial charge in [0.05, 0.1) is 35.6 Å². The van der Waals surface area contributed by atoms with Crippen molar-refractivity contribution in [3.63, 3.8) is 0 Å². The van der Waals surface area contributed by atoms with E-state index in [0.29, 0.717) is 72.7 Å². The summed E-state index contributed by atoms with van der Waals surface area (Å²) in [5, 5.41) is 53.5. The van der Waals surface area contributed by atoms with Crippen molar-refractivity contribution in [2.45, 2.75) is 121 Å². The predicted octanol–water partition coefficient (Wildman–Crippen LogP) is 1.99. The Bertz CT molecular complexity index is 1340. The summed E-state index contributed by atoms with van der Waals surface area (Å²) in [7, 11) is 0. The lowest BCUT2D eigenvalue weighted by molar-refractivity contribution is -0.132. The maximum atomic E-state index is 13.0. The smallest absolute Gasteiger partial charge is 0.255 e. The fourth-order valence-corrected chi connectivity index (χ4v) is 7.97. The molecule has 4 rings (SSSR count). The summed E-state index contributed by atoms with van der Waals surface area (Å²) >= 11 is 6.28. The number of likely N-dealkylation sites (tertiary alicyclic amines) is 2. The molecule has 0 bridgehead atoms. The van der Waals surface area contributed by atoms with Crippen LogP contribution in [0.5, 0.6) is 5.75 Å². The largest absolute Gasteiger partial charge is 0.492 e. The van der Waals surface area contributed by atoms with Crippen LogP contribution in [0.15, 0.2) is 6.07 Å². The molecule has 14 nitrogen and oxygen atoms in total. The first kappa shape index (κ1) is 44.0. The Morgan fingerprint density at radius 2 is 1.43 bits per heavy atom. The molecule has 3 aliphatic heterocycles. The molecule has 0 saturated carbocycles. The minimum atomic E-state index is -1.71.